The largest absolute Gasteiger partial charge is 0.443 e. The second kappa shape index (κ2) is 6.67. The molecule has 0 aliphatic carbocycles. The summed E-state index contributed by atoms with van der Waals surface area (Å²) in [5.74, 6) is 0. The zero-order valence-electron chi connectivity index (χ0n) is 13.8. The maximum Gasteiger partial charge on any atom is 0.414 e. The summed E-state index contributed by atoms with van der Waals surface area (Å²) in [6.07, 6.45) is 0.969. The summed E-state index contributed by atoms with van der Waals surface area (Å²) in [6, 6.07) is 5.78. The molecule has 1 atom stereocenters. The molecule has 0 saturated heterocycles. The number of fused-ring (bicyclic) bond motifs is 1. The normalized spacial score (nSPS) is 16.1. The second-order valence-electron chi connectivity index (χ2n) is 6.70. The van der Waals surface area contributed by atoms with E-state index in [0.29, 0.717) is 13.1 Å². The van der Waals surface area contributed by atoms with Crippen molar-refractivity contribution in [3.63, 3.8) is 0 Å². The number of aliphatic hydroxyl groups is 1. The van der Waals surface area contributed by atoms with Crippen molar-refractivity contribution in [2.45, 2.75) is 45.3 Å². The number of hydrogen-bond acceptors (Lipinski definition) is 4. The van der Waals surface area contributed by atoms with Gasteiger partial charge in [0, 0.05) is 13.1 Å². The third-order valence-corrected chi connectivity index (χ3v) is 3.62. The number of likely N-dealkylation sites (N-methyl/N-ethyl adjacent to an activating group) is 1. The molecule has 2 rings (SSSR count). The Bertz CT molecular complexity index is 537. The van der Waals surface area contributed by atoms with E-state index in [2.05, 4.69) is 5.32 Å². The van der Waals surface area contributed by atoms with Crippen molar-refractivity contribution in [1.29, 1.82) is 0 Å². The van der Waals surface area contributed by atoms with Gasteiger partial charge in [-0.3, -0.25) is 4.90 Å². The lowest BCUT2D eigenvalue weighted by molar-refractivity contribution is 0.0578. The first-order valence-corrected chi connectivity index (χ1v) is 7.78. The van der Waals surface area contributed by atoms with Gasteiger partial charge in [0.1, 0.15) is 5.60 Å². The molecule has 1 aromatic carbocycles. The molecule has 2 N–H and O–H groups in total. The quantitative estimate of drug-likeness (QED) is 0.901. The van der Waals surface area contributed by atoms with Gasteiger partial charge in [-0.15, -0.1) is 0 Å². The Morgan fingerprint density at radius 1 is 1.45 bits per heavy atom. The molecule has 1 aliphatic heterocycles. The molecular formula is C17H26N2O3. The Morgan fingerprint density at radius 2 is 2.18 bits per heavy atom. The van der Waals surface area contributed by atoms with Crippen LogP contribution in [-0.2, 0) is 11.2 Å². The number of anilines is 1. The van der Waals surface area contributed by atoms with Gasteiger partial charge in [-0.05, 0) is 57.9 Å². The van der Waals surface area contributed by atoms with Gasteiger partial charge in [0.25, 0.3) is 0 Å². The zero-order chi connectivity index (χ0) is 16.3. The topological polar surface area (TPSA) is 61.8 Å². The summed E-state index contributed by atoms with van der Waals surface area (Å²) in [4.78, 5) is 14.0. The monoisotopic (exact) mass is 306 g/mol. The van der Waals surface area contributed by atoms with Crippen molar-refractivity contribution in [3.05, 3.63) is 29.3 Å². The molecule has 5 heteroatoms. The van der Waals surface area contributed by atoms with E-state index in [1.807, 2.05) is 46.0 Å². The van der Waals surface area contributed by atoms with Gasteiger partial charge in [0.15, 0.2) is 0 Å². The van der Waals surface area contributed by atoms with Crippen LogP contribution < -0.4 is 10.2 Å². The van der Waals surface area contributed by atoms with Crippen LogP contribution in [0.5, 0.6) is 0 Å². The van der Waals surface area contributed by atoms with Crippen LogP contribution in [-0.4, -0.2) is 36.9 Å². The number of amides is 1. The Labute approximate surface area is 132 Å². The molecular weight excluding hydrogens is 280 g/mol. The first kappa shape index (κ1) is 16.8. The van der Waals surface area contributed by atoms with Crippen LogP contribution in [0.3, 0.4) is 0 Å². The lowest BCUT2D eigenvalue weighted by Crippen LogP contribution is -2.39. The molecule has 1 unspecified atom stereocenters. The minimum Gasteiger partial charge on any atom is -0.443 e. The Balaban J connectivity index is 2.22. The van der Waals surface area contributed by atoms with Crippen molar-refractivity contribution < 1.29 is 14.6 Å². The lowest BCUT2D eigenvalue weighted by atomic mass is 9.97. The van der Waals surface area contributed by atoms with Crippen molar-refractivity contribution in [2.24, 2.45) is 0 Å². The third kappa shape index (κ3) is 3.99. The van der Waals surface area contributed by atoms with E-state index >= 15 is 0 Å². The van der Waals surface area contributed by atoms with Crippen molar-refractivity contribution in [2.75, 3.05) is 25.0 Å². The highest BCUT2D eigenvalue weighted by molar-refractivity contribution is 5.89. The molecule has 1 amide bonds. The lowest BCUT2D eigenvalue weighted by Gasteiger charge is -2.32. The zero-order valence-corrected chi connectivity index (χ0v) is 13.8. The first-order valence-electron chi connectivity index (χ1n) is 7.78. The Hall–Kier alpha value is -1.59. The van der Waals surface area contributed by atoms with Gasteiger partial charge in [-0.25, -0.2) is 4.79 Å². The predicted molar refractivity (Wildman–Crippen MR) is 87.2 cm³/mol. The van der Waals surface area contributed by atoms with E-state index in [1.54, 1.807) is 4.90 Å². The highest BCUT2D eigenvalue weighted by atomic mass is 16.6. The number of aliphatic hydroxyl groups excluding tert-OH is 1. The molecule has 1 aliphatic rings. The number of nitrogens with one attached hydrogen (secondary N) is 1. The average Bonchev–Trinajstić information content (AvgIpc) is 2.44. The number of hydrogen-bond donors (Lipinski definition) is 2. The SMILES string of the molecule is CNCC(O)c1ccc2c(c1)CCCN2C(=O)OC(C)(C)C. The minimum absolute atomic E-state index is 0.308. The van der Waals surface area contributed by atoms with Gasteiger partial charge in [-0.1, -0.05) is 12.1 Å². The van der Waals surface area contributed by atoms with Crippen LogP contribution in [0.2, 0.25) is 0 Å². The van der Waals surface area contributed by atoms with Crippen LogP contribution in [0.1, 0.15) is 44.4 Å². The first-order chi connectivity index (χ1) is 10.3. The Morgan fingerprint density at radius 3 is 2.82 bits per heavy atom. The van der Waals surface area contributed by atoms with Gasteiger partial charge in [0.2, 0.25) is 0 Å². The van der Waals surface area contributed by atoms with Crippen LogP contribution in [0.15, 0.2) is 18.2 Å². The van der Waals surface area contributed by atoms with Crippen LogP contribution in [0.4, 0.5) is 10.5 Å². The number of carbonyl (C=O) groups excluding carboxylic acids is 1. The molecule has 122 valence electrons. The van der Waals surface area contributed by atoms with Crippen LogP contribution in [0.25, 0.3) is 0 Å². The fourth-order valence-electron chi connectivity index (χ4n) is 2.64. The predicted octanol–water partition coefficient (Wildman–Crippen LogP) is 2.63. The van der Waals surface area contributed by atoms with Crippen LogP contribution >= 0.6 is 0 Å². The summed E-state index contributed by atoms with van der Waals surface area (Å²) in [7, 11) is 1.81. The molecule has 5 nitrogen and oxygen atoms in total. The fourth-order valence-corrected chi connectivity index (χ4v) is 2.64. The number of carbonyl (C=O) groups is 1. The van der Waals surface area contributed by atoms with Gasteiger partial charge in [0.05, 0.1) is 11.8 Å². The maximum atomic E-state index is 12.3. The number of rotatable bonds is 3. The third-order valence-electron chi connectivity index (χ3n) is 3.62. The number of aryl methyl sites for hydroxylation is 1. The Kier molecular flexibility index (Phi) is 5.08. The van der Waals surface area contributed by atoms with E-state index in [4.69, 9.17) is 4.74 Å². The fraction of sp³-hybridized carbons (Fsp3) is 0.588. The molecule has 1 heterocycles. The molecule has 22 heavy (non-hydrogen) atoms. The molecule has 0 spiro atoms. The van der Waals surface area contributed by atoms with Crippen molar-refractivity contribution in [1.82, 2.24) is 5.32 Å². The minimum atomic E-state index is -0.535. The average molecular weight is 306 g/mol. The summed E-state index contributed by atoms with van der Waals surface area (Å²) in [5, 5.41) is 13.0. The van der Waals surface area contributed by atoms with Gasteiger partial charge < -0.3 is 15.2 Å². The standard InChI is InChI=1S/C17H26N2O3/c1-17(2,3)22-16(21)19-9-5-6-12-10-13(7-8-14(12)19)15(20)11-18-4/h7-8,10,15,18,20H,5-6,9,11H2,1-4H3. The summed E-state index contributed by atoms with van der Waals surface area (Å²) in [6.45, 7) is 6.78. The summed E-state index contributed by atoms with van der Waals surface area (Å²) >= 11 is 0. The highest BCUT2D eigenvalue weighted by Crippen LogP contribution is 2.31. The van der Waals surface area contributed by atoms with Crippen LogP contribution in [0, 0.1) is 0 Å². The second-order valence-corrected chi connectivity index (χ2v) is 6.70. The molecule has 1 aromatic rings. The smallest absolute Gasteiger partial charge is 0.414 e. The maximum absolute atomic E-state index is 12.3. The highest BCUT2D eigenvalue weighted by Gasteiger charge is 2.27. The molecule has 0 bridgehead atoms. The van der Waals surface area contributed by atoms with Crippen molar-refractivity contribution >= 4 is 11.8 Å². The van der Waals surface area contributed by atoms with E-state index in [9.17, 15) is 9.90 Å². The van der Waals surface area contributed by atoms with E-state index in [0.717, 1.165) is 29.7 Å². The molecule has 0 saturated carbocycles. The van der Waals surface area contributed by atoms with E-state index < -0.39 is 11.7 Å². The molecule has 0 radical (unpaired) electrons. The number of ether oxygens (including phenoxy) is 1. The van der Waals surface area contributed by atoms with Gasteiger partial charge >= 0.3 is 6.09 Å². The number of nitrogens with zero attached hydrogens (tertiary/aromatic N) is 1. The van der Waals surface area contributed by atoms with Gasteiger partial charge in [-0.2, -0.15) is 0 Å². The summed E-state index contributed by atoms with van der Waals surface area (Å²) in [5.41, 5.74) is 2.35. The molecule has 0 fully saturated rings. The number of benzene rings is 1. The van der Waals surface area contributed by atoms with Crippen molar-refractivity contribution in [3.8, 4) is 0 Å². The molecule has 0 aromatic heterocycles. The van der Waals surface area contributed by atoms with E-state index in [-0.39, 0.29) is 6.09 Å². The summed E-state index contributed by atoms with van der Waals surface area (Å²) < 4.78 is 5.48. The van der Waals surface area contributed by atoms with E-state index in [1.165, 1.54) is 0 Å².